The van der Waals surface area contributed by atoms with Crippen molar-refractivity contribution in [3.05, 3.63) is 64.7 Å². The van der Waals surface area contributed by atoms with E-state index in [1.807, 2.05) is 44.2 Å². The smallest absolute Gasteiger partial charge is 0.336 e. The lowest BCUT2D eigenvalue weighted by Crippen LogP contribution is -2.03. The molecule has 2 aromatic rings. The van der Waals surface area contributed by atoms with E-state index in [-0.39, 0.29) is 5.56 Å². The molecule has 4 heteroatoms. The molecule has 0 aliphatic rings. The largest absolute Gasteiger partial charge is 0.478 e. The maximum atomic E-state index is 11.6. The van der Waals surface area contributed by atoms with Crippen LogP contribution >= 0.6 is 0 Å². The Morgan fingerprint density at radius 2 is 1.83 bits per heavy atom. The number of methoxy groups -OCH3 is 1. The Labute approximate surface area is 135 Å². The standard InChI is InChI=1S/C19H18O4/c1-12-10-13(2)18(16(11-12)19(21)22)15-7-5-4-6-14(15)8-9-17(20)23-3/h4-11H,1-3H3,(H,21,22)/b9-8+. The average Bonchev–Trinajstić information content (AvgIpc) is 2.52. The summed E-state index contributed by atoms with van der Waals surface area (Å²) in [6.45, 7) is 3.75. The summed E-state index contributed by atoms with van der Waals surface area (Å²) in [5.74, 6) is -1.43. The van der Waals surface area contributed by atoms with Gasteiger partial charge in [0, 0.05) is 6.08 Å². The fourth-order valence-electron chi connectivity index (χ4n) is 2.59. The lowest BCUT2D eigenvalue weighted by atomic mass is 9.90. The number of esters is 1. The first-order valence-corrected chi connectivity index (χ1v) is 7.14. The lowest BCUT2D eigenvalue weighted by Gasteiger charge is -2.14. The van der Waals surface area contributed by atoms with Crippen molar-refractivity contribution in [3.63, 3.8) is 0 Å². The molecule has 0 amide bonds. The van der Waals surface area contributed by atoms with Crippen LogP contribution < -0.4 is 0 Å². The highest BCUT2D eigenvalue weighted by Crippen LogP contribution is 2.32. The molecule has 0 aromatic heterocycles. The van der Waals surface area contributed by atoms with Crippen molar-refractivity contribution in [2.75, 3.05) is 7.11 Å². The highest BCUT2D eigenvalue weighted by molar-refractivity contribution is 5.99. The van der Waals surface area contributed by atoms with Gasteiger partial charge in [0.05, 0.1) is 12.7 Å². The second-order valence-corrected chi connectivity index (χ2v) is 5.25. The molecule has 0 aliphatic carbocycles. The third-order valence-corrected chi connectivity index (χ3v) is 3.54. The molecule has 0 saturated carbocycles. The number of hydrogen-bond acceptors (Lipinski definition) is 3. The lowest BCUT2D eigenvalue weighted by molar-refractivity contribution is -0.134. The quantitative estimate of drug-likeness (QED) is 0.688. The third kappa shape index (κ3) is 3.66. The molecule has 1 N–H and O–H groups in total. The minimum absolute atomic E-state index is 0.251. The molecule has 118 valence electrons. The Hall–Kier alpha value is -2.88. The fourth-order valence-corrected chi connectivity index (χ4v) is 2.59. The molecule has 2 rings (SSSR count). The Morgan fingerprint density at radius 1 is 1.13 bits per heavy atom. The van der Waals surface area contributed by atoms with Gasteiger partial charge in [0.1, 0.15) is 0 Å². The molecule has 0 bridgehead atoms. The monoisotopic (exact) mass is 310 g/mol. The number of carboxylic acids is 1. The zero-order chi connectivity index (χ0) is 17.0. The third-order valence-electron chi connectivity index (χ3n) is 3.54. The van der Waals surface area contributed by atoms with Crippen LogP contribution in [0.1, 0.15) is 27.0 Å². The Morgan fingerprint density at radius 3 is 2.48 bits per heavy atom. The molecular weight excluding hydrogens is 292 g/mol. The molecule has 0 spiro atoms. The van der Waals surface area contributed by atoms with Gasteiger partial charge in [-0.1, -0.05) is 30.3 Å². The van der Waals surface area contributed by atoms with Crippen LogP contribution in [0, 0.1) is 13.8 Å². The SMILES string of the molecule is COC(=O)/C=C/c1ccccc1-c1c(C)cc(C)cc1C(=O)O. The summed E-state index contributed by atoms with van der Waals surface area (Å²) >= 11 is 0. The number of benzene rings is 2. The second kappa shape index (κ2) is 6.92. The van der Waals surface area contributed by atoms with E-state index in [0.717, 1.165) is 22.3 Å². The summed E-state index contributed by atoms with van der Waals surface area (Å²) < 4.78 is 4.60. The zero-order valence-corrected chi connectivity index (χ0v) is 13.3. The van der Waals surface area contributed by atoms with E-state index in [0.29, 0.717) is 5.56 Å². The molecular formula is C19H18O4. The van der Waals surface area contributed by atoms with Crippen molar-refractivity contribution < 1.29 is 19.4 Å². The molecule has 23 heavy (non-hydrogen) atoms. The van der Waals surface area contributed by atoms with Crippen molar-refractivity contribution in [1.29, 1.82) is 0 Å². The second-order valence-electron chi connectivity index (χ2n) is 5.25. The number of carbonyl (C=O) groups excluding carboxylic acids is 1. The van der Waals surface area contributed by atoms with E-state index < -0.39 is 11.9 Å². The molecule has 0 saturated heterocycles. The summed E-state index contributed by atoms with van der Waals surface area (Å²) in [5.41, 5.74) is 4.21. The van der Waals surface area contributed by atoms with Gasteiger partial charge in [-0.15, -0.1) is 0 Å². The fraction of sp³-hybridized carbons (Fsp3) is 0.158. The number of ether oxygens (including phenoxy) is 1. The van der Waals surface area contributed by atoms with Crippen LogP contribution in [0.15, 0.2) is 42.5 Å². The number of aromatic carboxylic acids is 1. The van der Waals surface area contributed by atoms with Crippen LogP contribution in [0.4, 0.5) is 0 Å². The minimum Gasteiger partial charge on any atom is -0.478 e. The number of rotatable bonds is 4. The first-order chi connectivity index (χ1) is 10.9. The molecule has 0 fully saturated rings. The van der Waals surface area contributed by atoms with Crippen molar-refractivity contribution in [2.24, 2.45) is 0 Å². The molecule has 0 radical (unpaired) electrons. The summed E-state index contributed by atoms with van der Waals surface area (Å²) in [4.78, 5) is 22.9. The Bertz CT molecular complexity index is 788. The Balaban J connectivity index is 2.66. The van der Waals surface area contributed by atoms with Crippen molar-refractivity contribution in [1.82, 2.24) is 0 Å². The van der Waals surface area contributed by atoms with Gasteiger partial charge in [-0.2, -0.15) is 0 Å². The van der Waals surface area contributed by atoms with E-state index in [1.54, 1.807) is 12.1 Å². The maximum absolute atomic E-state index is 11.6. The van der Waals surface area contributed by atoms with Crippen molar-refractivity contribution >= 4 is 18.0 Å². The molecule has 0 aliphatic heterocycles. The van der Waals surface area contributed by atoms with E-state index in [1.165, 1.54) is 13.2 Å². The van der Waals surface area contributed by atoms with Crippen LogP contribution in [0.25, 0.3) is 17.2 Å². The van der Waals surface area contributed by atoms with Gasteiger partial charge in [-0.25, -0.2) is 9.59 Å². The van der Waals surface area contributed by atoms with E-state index in [4.69, 9.17) is 0 Å². The van der Waals surface area contributed by atoms with E-state index in [2.05, 4.69) is 4.74 Å². The summed E-state index contributed by atoms with van der Waals surface area (Å²) in [5, 5.41) is 9.53. The van der Waals surface area contributed by atoms with Crippen LogP contribution in [-0.4, -0.2) is 24.2 Å². The predicted molar refractivity (Wildman–Crippen MR) is 89.4 cm³/mol. The summed E-state index contributed by atoms with van der Waals surface area (Å²) in [6, 6.07) is 11.0. The van der Waals surface area contributed by atoms with Gasteiger partial charge in [0.2, 0.25) is 0 Å². The highest BCUT2D eigenvalue weighted by Gasteiger charge is 2.16. The van der Waals surface area contributed by atoms with Crippen molar-refractivity contribution in [3.8, 4) is 11.1 Å². The normalized spacial score (nSPS) is 10.7. The van der Waals surface area contributed by atoms with Gasteiger partial charge in [0.15, 0.2) is 0 Å². The maximum Gasteiger partial charge on any atom is 0.336 e. The van der Waals surface area contributed by atoms with Crippen LogP contribution in [0.2, 0.25) is 0 Å². The molecule has 2 aromatic carbocycles. The molecule has 0 atom stereocenters. The number of aryl methyl sites for hydroxylation is 2. The summed E-state index contributed by atoms with van der Waals surface area (Å²) in [6.07, 6.45) is 2.95. The average molecular weight is 310 g/mol. The van der Waals surface area contributed by atoms with Crippen molar-refractivity contribution in [2.45, 2.75) is 13.8 Å². The first-order valence-electron chi connectivity index (χ1n) is 7.14. The summed E-state index contributed by atoms with van der Waals surface area (Å²) in [7, 11) is 1.31. The molecule has 0 unspecified atom stereocenters. The van der Waals surface area contributed by atoms with Gasteiger partial charge in [0.25, 0.3) is 0 Å². The number of carbonyl (C=O) groups is 2. The highest BCUT2D eigenvalue weighted by atomic mass is 16.5. The van der Waals surface area contributed by atoms with Crippen LogP contribution in [0.3, 0.4) is 0 Å². The van der Waals surface area contributed by atoms with Gasteiger partial charge in [-0.3, -0.25) is 0 Å². The minimum atomic E-state index is -0.974. The Kier molecular flexibility index (Phi) is 4.96. The van der Waals surface area contributed by atoms with Gasteiger partial charge < -0.3 is 9.84 Å². The van der Waals surface area contributed by atoms with E-state index >= 15 is 0 Å². The predicted octanol–water partition coefficient (Wildman–Crippen LogP) is 3.85. The van der Waals surface area contributed by atoms with E-state index in [9.17, 15) is 14.7 Å². The zero-order valence-electron chi connectivity index (χ0n) is 13.3. The first kappa shape index (κ1) is 16.5. The molecule has 4 nitrogen and oxygen atoms in total. The van der Waals surface area contributed by atoms with Crippen LogP contribution in [0.5, 0.6) is 0 Å². The topological polar surface area (TPSA) is 63.6 Å². The number of carboxylic acid groups (broad SMARTS) is 1. The van der Waals surface area contributed by atoms with Gasteiger partial charge in [-0.05, 0) is 53.8 Å². The molecule has 0 heterocycles. The van der Waals surface area contributed by atoms with Crippen LogP contribution in [-0.2, 0) is 9.53 Å². The number of hydrogen-bond donors (Lipinski definition) is 1. The van der Waals surface area contributed by atoms with Gasteiger partial charge >= 0.3 is 11.9 Å².